The monoisotopic (exact) mass is 274 g/mol. The molecule has 0 aliphatic heterocycles. The second-order valence-electron chi connectivity index (χ2n) is 4.76. The maximum absolute atomic E-state index is 6.45. The van der Waals surface area contributed by atoms with E-state index in [1.807, 2.05) is 31.5 Å². The lowest BCUT2D eigenvalue weighted by Gasteiger charge is -2.21. The van der Waals surface area contributed by atoms with E-state index in [1.165, 1.54) is 0 Å². The summed E-state index contributed by atoms with van der Waals surface area (Å²) in [6.45, 7) is 7.06. The molecule has 2 aromatic rings. The number of aromatic nitrogens is 1. The zero-order valence-electron chi connectivity index (χ0n) is 11.6. The van der Waals surface area contributed by atoms with Crippen molar-refractivity contribution in [3.63, 3.8) is 0 Å². The normalized spacial score (nSPS) is 12.4. The van der Waals surface area contributed by atoms with Crippen molar-refractivity contribution in [3.8, 4) is 0 Å². The van der Waals surface area contributed by atoms with Crippen molar-refractivity contribution < 1.29 is 0 Å². The number of pyridine rings is 1. The van der Waals surface area contributed by atoms with E-state index in [0.29, 0.717) is 0 Å². The first-order valence-corrected chi connectivity index (χ1v) is 6.91. The molecule has 2 nitrogen and oxygen atoms in total. The summed E-state index contributed by atoms with van der Waals surface area (Å²) in [6.07, 6.45) is 3.77. The summed E-state index contributed by atoms with van der Waals surface area (Å²) in [7, 11) is 0. The fourth-order valence-corrected chi connectivity index (χ4v) is 2.48. The Bertz CT molecular complexity index is 566. The van der Waals surface area contributed by atoms with Gasteiger partial charge in [0.25, 0.3) is 0 Å². The van der Waals surface area contributed by atoms with Gasteiger partial charge in [0.2, 0.25) is 0 Å². The molecule has 0 aliphatic carbocycles. The molecule has 0 radical (unpaired) electrons. The van der Waals surface area contributed by atoms with Crippen molar-refractivity contribution in [1.82, 2.24) is 10.3 Å². The molecule has 0 aliphatic rings. The van der Waals surface area contributed by atoms with Crippen molar-refractivity contribution in [1.29, 1.82) is 0 Å². The number of halogens is 1. The fourth-order valence-electron chi connectivity index (χ4n) is 2.24. The molecule has 0 fully saturated rings. The average molecular weight is 275 g/mol. The summed E-state index contributed by atoms with van der Waals surface area (Å²) in [5, 5.41) is 4.31. The first kappa shape index (κ1) is 14.0. The largest absolute Gasteiger partial charge is 0.306 e. The first-order chi connectivity index (χ1) is 9.13. The van der Waals surface area contributed by atoms with Gasteiger partial charge in [0.05, 0.1) is 6.04 Å². The van der Waals surface area contributed by atoms with Crippen LogP contribution in [0.1, 0.15) is 35.2 Å². The molecule has 1 aromatic heterocycles. The molecule has 1 atom stereocenters. The van der Waals surface area contributed by atoms with Crippen LogP contribution in [-0.4, -0.2) is 11.5 Å². The van der Waals surface area contributed by atoms with Gasteiger partial charge in [0.1, 0.15) is 0 Å². The van der Waals surface area contributed by atoms with Crippen LogP contribution >= 0.6 is 11.6 Å². The maximum atomic E-state index is 6.45. The summed E-state index contributed by atoms with van der Waals surface area (Å²) in [5.41, 5.74) is 4.51. The fraction of sp³-hybridized carbons (Fsp3) is 0.312. The van der Waals surface area contributed by atoms with Gasteiger partial charge in [-0.05, 0) is 42.6 Å². The van der Waals surface area contributed by atoms with Crippen LogP contribution in [-0.2, 0) is 0 Å². The topological polar surface area (TPSA) is 24.9 Å². The zero-order valence-corrected chi connectivity index (χ0v) is 12.3. The molecule has 19 heavy (non-hydrogen) atoms. The molecule has 100 valence electrons. The Morgan fingerprint density at radius 1 is 1.26 bits per heavy atom. The van der Waals surface area contributed by atoms with Gasteiger partial charge in [0.15, 0.2) is 0 Å². The summed E-state index contributed by atoms with van der Waals surface area (Å²) in [5.74, 6) is 0. The Labute approximate surface area is 119 Å². The molecule has 3 heteroatoms. The van der Waals surface area contributed by atoms with Gasteiger partial charge in [0, 0.05) is 17.4 Å². The predicted molar refractivity (Wildman–Crippen MR) is 80.7 cm³/mol. The summed E-state index contributed by atoms with van der Waals surface area (Å²) in [4.78, 5) is 4.28. The molecular weight excluding hydrogens is 256 g/mol. The van der Waals surface area contributed by atoms with E-state index < -0.39 is 0 Å². The Morgan fingerprint density at radius 3 is 2.74 bits per heavy atom. The van der Waals surface area contributed by atoms with Crippen molar-refractivity contribution in [3.05, 3.63) is 63.9 Å². The van der Waals surface area contributed by atoms with Crippen LogP contribution in [0.5, 0.6) is 0 Å². The highest BCUT2D eigenvalue weighted by molar-refractivity contribution is 6.32. The summed E-state index contributed by atoms with van der Waals surface area (Å²) < 4.78 is 0. The van der Waals surface area contributed by atoms with E-state index in [4.69, 9.17) is 11.6 Å². The Balaban J connectivity index is 2.48. The molecule has 0 saturated heterocycles. The van der Waals surface area contributed by atoms with E-state index in [1.54, 1.807) is 0 Å². The second-order valence-corrected chi connectivity index (χ2v) is 5.14. The molecule has 1 heterocycles. The van der Waals surface area contributed by atoms with E-state index >= 15 is 0 Å². The maximum Gasteiger partial charge on any atom is 0.0606 e. The Morgan fingerprint density at radius 2 is 2.05 bits per heavy atom. The lowest BCUT2D eigenvalue weighted by Crippen LogP contribution is -2.22. The quantitative estimate of drug-likeness (QED) is 0.910. The molecule has 1 aromatic carbocycles. The number of rotatable bonds is 4. The third kappa shape index (κ3) is 3.14. The molecule has 0 bridgehead atoms. The molecule has 2 rings (SSSR count). The van der Waals surface area contributed by atoms with Gasteiger partial charge in [-0.25, -0.2) is 0 Å². The van der Waals surface area contributed by atoms with Crippen LogP contribution in [0.2, 0.25) is 5.02 Å². The number of aryl methyl sites for hydroxylation is 2. The SMILES string of the molecule is CCNC(c1cncc(C)c1)c1cccc(C)c1Cl. The number of hydrogen-bond acceptors (Lipinski definition) is 2. The van der Waals surface area contributed by atoms with Gasteiger partial charge in [-0.3, -0.25) is 4.98 Å². The van der Waals surface area contributed by atoms with Crippen LogP contribution in [0, 0.1) is 13.8 Å². The second kappa shape index (κ2) is 6.18. The van der Waals surface area contributed by atoms with Crippen molar-refractivity contribution >= 4 is 11.6 Å². The van der Waals surface area contributed by atoms with Gasteiger partial charge in [-0.2, -0.15) is 0 Å². The van der Waals surface area contributed by atoms with E-state index in [9.17, 15) is 0 Å². The van der Waals surface area contributed by atoms with Gasteiger partial charge >= 0.3 is 0 Å². The number of nitrogens with one attached hydrogen (secondary N) is 1. The minimum Gasteiger partial charge on any atom is -0.306 e. The lowest BCUT2D eigenvalue weighted by atomic mass is 9.97. The highest BCUT2D eigenvalue weighted by atomic mass is 35.5. The number of hydrogen-bond donors (Lipinski definition) is 1. The highest BCUT2D eigenvalue weighted by Crippen LogP contribution is 2.30. The molecule has 0 spiro atoms. The van der Waals surface area contributed by atoms with E-state index in [2.05, 4.69) is 36.3 Å². The molecule has 1 unspecified atom stereocenters. The van der Waals surface area contributed by atoms with Crippen LogP contribution < -0.4 is 5.32 Å². The van der Waals surface area contributed by atoms with Crippen molar-refractivity contribution in [2.45, 2.75) is 26.8 Å². The van der Waals surface area contributed by atoms with Crippen LogP contribution in [0.4, 0.5) is 0 Å². The minimum atomic E-state index is 0.0878. The smallest absolute Gasteiger partial charge is 0.0606 e. The van der Waals surface area contributed by atoms with Gasteiger partial charge in [-0.1, -0.05) is 42.8 Å². The third-order valence-electron chi connectivity index (χ3n) is 3.17. The van der Waals surface area contributed by atoms with Crippen LogP contribution in [0.3, 0.4) is 0 Å². The standard InChI is InChI=1S/C16H19ClN2/c1-4-19-16(13-8-11(2)9-18-10-13)14-7-5-6-12(3)15(14)17/h5-10,16,19H,4H2,1-3H3. The van der Waals surface area contributed by atoms with E-state index in [-0.39, 0.29) is 6.04 Å². The predicted octanol–water partition coefficient (Wildman–Crippen LogP) is 4.05. The van der Waals surface area contributed by atoms with Gasteiger partial charge < -0.3 is 5.32 Å². The first-order valence-electron chi connectivity index (χ1n) is 6.53. The van der Waals surface area contributed by atoms with Crippen molar-refractivity contribution in [2.75, 3.05) is 6.54 Å². The van der Waals surface area contributed by atoms with Gasteiger partial charge in [-0.15, -0.1) is 0 Å². The van der Waals surface area contributed by atoms with E-state index in [0.717, 1.165) is 33.8 Å². The Hall–Kier alpha value is -1.38. The third-order valence-corrected chi connectivity index (χ3v) is 3.69. The highest BCUT2D eigenvalue weighted by Gasteiger charge is 2.17. The molecule has 0 amide bonds. The van der Waals surface area contributed by atoms with Crippen LogP contribution in [0.15, 0.2) is 36.7 Å². The summed E-state index contributed by atoms with van der Waals surface area (Å²) in [6, 6.07) is 8.39. The number of benzene rings is 1. The average Bonchev–Trinajstić information content (AvgIpc) is 2.40. The van der Waals surface area contributed by atoms with Crippen LogP contribution in [0.25, 0.3) is 0 Å². The minimum absolute atomic E-state index is 0.0878. The van der Waals surface area contributed by atoms with Crippen molar-refractivity contribution in [2.24, 2.45) is 0 Å². The molecule has 0 saturated carbocycles. The summed E-state index contributed by atoms with van der Waals surface area (Å²) >= 11 is 6.45. The molecular formula is C16H19ClN2. The number of nitrogens with zero attached hydrogens (tertiary/aromatic N) is 1. The molecule has 1 N–H and O–H groups in total. The zero-order chi connectivity index (χ0) is 13.8. The Kier molecular flexibility index (Phi) is 4.56. The lowest BCUT2D eigenvalue weighted by molar-refractivity contribution is 0.628.